The summed E-state index contributed by atoms with van der Waals surface area (Å²) in [6.45, 7) is 7.76. The highest BCUT2D eigenvalue weighted by Crippen LogP contribution is 2.13. The fourth-order valence-corrected chi connectivity index (χ4v) is 2.71. The van der Waals surface area contributed by atoms with Gasteiger partial charge in [0.15, 0.2) is 5.76 Å². The number of amides is 3. The summed E-state index contributed by atoms with van der Waals surface area (Å²) in [5.41, 5.74) is 2.36. The van der Waals surface area contributed by atoms with Crippen molar-refractivity contribution in [3.8, 4) is 0 Å². The number of carbonyl (C=O) groups excluding carboxylic acids is 2. The normalized spacial score (nSPS) is 15.1. The van der Waals surface area contributed by atoms with Crippen LogP contribution >= 0.6 is 0 Å². The first-order valence-electron chi connectivity index (χ1n) is 8.76. The molecule has 0 bridgehead atoms. The SMILES string of the molecule is CCN(CC)C(=O)N1CCN(CC(=O)N/N=C\c2ccc([N+](=O)[O-])o2)CC1. The van der Waals surface area contributed by atoms with E-state index < -0.39 is 4.92 Å². The first-order chi connectivity index (χ1) is 12.9. The largest absolute Gasteiger partial charge is 0.433 e. The molecule has 0 spiro atoms. The Bertz CT molecular complexity index is 691. The van der Waals surface area contributed by atoms with Crippen LogP contribution in [0.5, 0.6) is 0 Å². The summed E-state index contributed by atoms with van der Waals surface area (Å²) in [6, 6.07) is 2.63. The summed E-state index contributed by atoms with van der Waals surface area (Å²) in [7, 11) is 0. The van der Waals surface area contributed by atoms with Gasteiger partial charge in [0.25, 0.3) is 5.91 Å². The number of hydrogen-bond acceptors (Lipinski definition) is 7. The molecule has 0 aliphatic carbocycles. The smallest absolute Gasteiger partial charge is 0.400 e. The summed E-state index contributed by atoms with van der Waals surface area (Å²) >= 11 is 0. The Morgan fingerprint density at radius 3 is 2.52 bits per heavy atom. The minimum atomic E-state index is -0.652. The van der Waals surface area contributed by atoms with Gasteiger partial charge in [0.05, 0.1) is 18.8 Å². The molecule has 1 N–H and O–H groups in total. The molecule has 3 amide bonds. The second-order valence-electron chi connectivity index (χ2n) is 5.94. The number of nitrogens with one attached hydrogen (secondary N) is 1. The van der Waals surface area contributed by atoms with Crippen LogP contribution in [0.2, 0.25) is 0 Å². The van der Waals surface area contributed by atoms with Crippen molar-refractivity contribution in [3.05, 3.63) is 28.0 Å². The highest BCUT2D eigenvalue weighted by molar-refractivity contribution is 5.81. The number of hydrazone groups is 1. The number of rotatable bonds is 7. The van der Waals surface area contributed by atoms with Crippen LogP contribution < -0.4 is 5.43 Å². The minimum Gasteiger partial charge on any atom is -0.400 e. The Labute approximate surface area is 156 Å². The Kier molecular flexibility index (Phi) is 7.29. The van der Waals surface area contributed by atoms with Crippen LogP contribution in [0.25, 0.3) is 0 Å². The van der Waals surface area contributed by atoms with E-state index in [0.717, 1.165) is 0 Å². The van der Waals surface area contributed by atoms with Gasteiger partial charge in [0.1, 0.15) is 4.92 Å². The average molecular weight is 380 g/mol. The van der Waals surface area contributed by atoms with Crippen molar-refractivity contribution in [3.63, 3.8) is 0 Å². The summed E-state index contributed by atoms with van der Waals surface area (Å²) in [4.78, 5) is 39.6. The molecule has 1 aliphatic heterocycles. The Hall–Kier alpha value is -2.95. The van der Waals surface area contributed by atoms with Crippen LogP contribution in [0, 0.1) is 10.1 Å². The van der Waals surface area contributed by atoms with E-state index in [1.54, 1.807) is 9.80 Å². The van der Waals surface area contributed by atoms with E-state index in [9.17, 15) is 19.7 Å². The van der Waals surface area contributed by atoms with Gasteiger partial charge in [0, 0.05) is 39.3 Å². The molecular formula is C16H24N6O5. The zero-order valence-electron chi connectivity index (χ0n) is 15.5. The molecule has 148 valence electrons. The standard InChI is InChI=1S/C16H24N6O5/c1-3-20(4-2)16(24)21-9-7-19(8-10-21)12-14(23)18-17-11-13-5-6-15(27-13)22(25)26/h5-6,11H,3-4,7-10,12H2,1-2H3,(H,18,23)/b17-11-. The molecular weight excluding hydrogens is 356 g/mol. The van der Waals surface area contributed by atoms with Gasteiger partial charge in [-0.15, -0.1) is 0 Å². The van der Waals surface area contributed by atoms with E-state index in [-0.39, 0.29) is 30.1 Å². The van der Waals surface area contributed by atoms with Crippen molar-refractivity contribution in [1.82, 2.24) is 20.1 Å². The monoisotopic (exact) mass is 380 g/mol. The Balaban J connectivity index is 1.73. The van der Waals surface area contributed by atoms with Crippen molar-refractivity contribution in [1.29, 1.82) is 0 Å². The van der Waals surface area contributed by atoms with Crippen LogP contribution in [0.15, 0.2) is 21.7 Å². The maximum Gasteiger partial charge on any atom is 0.433 e. The lowest BCUT2D eigenvalue weighted by Gasteiger charge is -2.36. The van der Waals surface area contributed by atoms with Crippen molar-refractivity contribution in [2.75, 3.05) is 45.8 Å². The second-order valence-corrected chi connectivity index (χ2v) is 5.94. The third-order valence-electron chi connectivity index (χ3n) is 4.22. The fourth-order valence-electron chi connectivity index (χ4n) is 2.71. The molecule has 0 saturated carbocycles. The van der Waals surface area contributed by atoms with Crippen molar-refractivity contribution in [2.24, 2.45) is 5.10 Å². The van der Waals surface area contributed by atoms with Gasteiger partial charge in [0.2, 0.25) is 0 Å². The molecule has 27 heavy (non-hydrogen) atoms. The quantitative estimate of drug-likeness (QED) is 0.422. The number of furan rings is 1. The Morgan fingerprint density at radius 2 is 1.96 bits per heavy atom. The van der Waals surface area contributed by atoms with Crippen LogP contribution in [0.1, 0.15) is 19.6 Å². The topological polar surface area (TPSA) is 125 Å². The van der Waals surface area contributed by atoms with E-state index in [1.807, 2.05) is 18.7 Å². The number of nitro groups is 1. The molecule has 0 radical (unpaired) electrons. The molecule has 2 rings (SSSR count). The van der Waals surface area contributed by atoms with Crippen molar-refractivity contribution in [2.45, 2.75) is 13.8 Å². The van der Waals surface area contributed by atoms with Gasteiger partial charge in [-0.2, -0.15) is 5.10 Å². The van der Waals surface area contributed by atoms with Crippen LogP contribution in [0.4, 0.5) is 10.7 Å². The summed E-state index contributed by atoms with van der Waals surface area (Å²) in [5.74, 6) is -0.527. The number of piperazine rings is 1. The zero-order chi connectivity index (χ0) is 19.8. The average Bonchev–Trinajstić information content (AvgIpc) is 3.12. The lowest BCUT2D eigenvalue weighted by atomic mass is 10.3. The molecule has 0 unspecified atom stereocenters. The van der Waals surface area contributed by atoms with E-state index in [4.69, 9.17) is 4.42 Å². The van der Waals surface area contributed by atoms with Gasteiger partial charge < -0.3 is 14.2 Å². The lowest BCUT2D eigenvalue weighted by molar-refractivity contribution is -0.402. The second kappa shape index (κ2) is 9.67. The molecule has 2 heterocycles. The summed E-state index contributed by atoms with van der Waals surface area (Å²) in [6.07, 6.45) is 1.20. The van der Waals surface area contributed by atoms with Gasteiger partial charge in [-0.1, -0.05) is 0 Å². The van der Waals surface area contributed by atoms with Crippen LogP contribution in [-0.2, 0) is 4.79 Å². The summed E-state index contributed by atoms with van der Waals surface area (Å²) < 4.78 is 4.90. The lowest BCUT2D eigenvalue weighted by Crippen LogP contribution is -2.54. The third-order valence-corrected chi connectivity index (χ3v) is 4.22. The number of carbonyl (C=O) groups is 2. The van der Waals surface area contributed by atoms with Crippen molar-refractivity contribution >= 4 is 24.0 Å². The van der Waals surface area contributed by atoms with E-state index in [0.29, 0.717) is 39.3 Å². The maximum atomic E-state index is 12.3. The molecule has 1 aromatic heterocycles. The minimum absolute atomic E-state index is 0.0289. The van der Waals surface area contributed by atoms with Crippen LogP contribution in [0.3, 0.4) is 0 Å². The van der Waals surface area contributed by atoms with E-state index in [1.165, 1.54) is 18.3 Å². The number of urea groups is 1. The van der Waals surface area contributed by atoms with E-state index in [2.05, 4.69) is 10.5 Å². The molecule has 1 saturated heterocycles. The van der Waals surface area contributed by atoms with E-state index >= 15 is 0 Å². The molecule has 1 fully saturated rings. The van der Waals surface area contributed by atoms with Gasteiger partial charge >= 0.3 is 11.9 Å². The maximum absolute atomic E-state index is 12.3. The molecule has 0 atom stereocenters. The zero-order valence-corrected chi connectivity index (χ0v) is 15.5. The highest BCUT2D eigenvalue weighted by atomic mass is 16.6. The predicted octanol–water partition coefficient (Wildman–Crippen LogP) is 0.717. The molecule has 1 aliphatic rings. The molecule has 11 nitrogen and oxygen atoms in total. The van der Waals surface area contributed by atoms with Gasteiger partial charge in [-0.25, -0.2) is 10.2 Å². The molecule has 1 aromatic rings. The number of hydrogen-bond donors (Lipinski definition) is 1. The van der Waals surface area contributed by atoms with Gasteiger partial charge in [-0.05, 0) is 19.9 Å². The first kappa shape index (κ1) is 20.4. The first-order valence-corrected chi connectivity index (χ1v) is 8.76. The third kappa shape index (κ3) is 5.78. The highest BCUT2D eigenvalue weighted by Gasteiger charge is 2.24. The number of nitrogens with zero attached hydrogens (tertiary/aromatic N) is 5. The van der Waals surface area contributed by atoms with Gasteiger partial charge in [-0.3, -0.25) is 19.8 Å². The molecule has 11 heteroatoms. The summed E-state index contributed by atoms with van der Waals surface area (Å²) in [5, 5.41) is 14.2. The molecule has 0 aromatic carbocycles. The van der Waals surface area contributed by atoms with Crippen LogP contribution in [-0.4, -0.2) is 83.6 Å². The predicted molar refractivity (Wildman–Crippen MR) is 97.4 cm³/mol. The Morgan fingerprint density at radius 1 is 1.30 bits per heavy atom. The fraction of sp³-hybridized carbons (Fsp3) is 0.562. The van der Waals surface area contributed by atoms with Crippen molar-refractivity contribution < 1.29 is 18.9 Å².